The van der Waals surface area contributed by atoms with Crippen molar-refractivity contribution >= 4 is 5.69 Å². The molecule has 0 unspecified atom stereocenters. The SMILES string of the molecule is Cc1cc(C#N)ccc1N1CCCCCC1. The van der Waals surface area contributed by atoms with Crippen molar-refractivity contribution in [1.82, 2.24) is 0 Å². The van der Waals surface area contributed by atoms with Crippen LogP contribution in [0.2, 0.25) is 0 Å². The van der Waals surface area contributed by atoms with Gasteiger partial charge in [-0.25, -0.2) is 0 Å². The molecule has 0 aliphatic carbocycles. The predicted octanol–water partition coefficient (Wildman–Crippen LogP) is 3.25. The Morgan fingerprint density at radius 1 is 1.12 bits per heavy atom. The van der Waals surface area contributed by atoms with E-state index in [0.717, 1.165) is 18.7 Å². The number of nitriles is 1. The zero-order valence-corrected chi connectivity index (χ0v) is 9.87. The quantitative estimate of drug-likeness (QED) is 0.717. The Morgan fingerprint density at radius 3 is 2.38 bits per heavy atom. The summed E-state index contributed by atoms with van der Waals surface area (Å²) in [5, 5.41) is 8.84. The Kier molecular flexibility index (Phi) is 3.46. The molecule has 2 nitrogen and oxygen atoms in total. The van der Waals surface area contributed by atoms with E-state index in [-0.39, 0.29) is 0 Å². The molecule has 1 fully saturated rings. The average molecular weight is 214 g/mol. The van der Waals surface area contributed by atoms with E-state index in [4.69, 9.17) is 5.26 Å². The maximum atomic E-state index is 8.84. The fourth-order valence-corrected chi connectivity index (χ4v) is 2.39. The highest BCUT2D eigenvalue weighted by Crippen LogP contribution is 2.24. The van der Waals surface area contributed by atoms with E-state index in [1.165, 1.54) is 36.9 Å². The van der Waals surface area contributed by atoms with Gasteiger partial charge in [0.15, 0.2) is 0 Å². The first kappa shape index (κ1) is 11.0. The lowest BCUT2D eigenvalue weighted by atomic mass is 10.1. The second-order valence-electron chi connectivity index (χ2n) is 4.51. The lowest BCUT2D eigenvalue weighted by molar-refractivity contribution is 0.726. The molecule has 0 amide bonds. The molecule has 0 aromatic heterocycles. The van der Waals surface area contributed by atoms with E-state index in [1.54, 1.807) is 0 Å². The number of nitrogens with zero attached hydrogens (tertiary/aromatic N) is 2. The summed E-state index contributed by atoms with van der Waals surface area (Å²) in [6.07, 6.45) is 5.29. The largest absolute Gasteiger partial charge is 0.371 e. The number of anilines is 1. The van der Waals surface area contributed by atoms with Crippen LogP contribution in [0.4, 0.5) is 5.69 Å². The van der Waals surface area contributed by atoms with E-state index in [9.17, 15) is 0 Å². The molecule has 0 bridgehead atoms. The smallest absolute Gasteiger partial charge is 0.0991 e. The van der Waals surface area contributed by atoms with Crippen molar-refractivity contribution in [3.8, 4) is 6.07 Å². The first-order valence-electron chi connectivity index (χ1n) is 6.07. The molecule has 0 spiro atoms. The van der Waals surface area contributed by atoms with Gasteiger partial charge in [0.05, 0.1) is 11.6 Å². The van der Waals surface area contributed by atoms with E-state index in [1.807, 2.05) is 12.1 Å². The standard InChI is InChI=1S/C14H18N2/c1-12-10-13(11-15)6-7-14(12)16-8-4-2-3-5-9-16/h6-7,10H,2-5,8-9H2,1H3. The molecule has 0 N–H and O–H groups in total. The molecule has 1 aliphatic heterocycles. The van der Waals surface area contributed by atoms with Crippen molar-refractivity contribution in [2.45, 2.75) is 32.6 Å². The Labute approximate surface area is 97.5 Å². The molecule has 1 aromatic carbocycles. The van der Waals surface area contributed by atoms with Gasteiger partial charge >= 0.3 is 0 Å². The highest BCUT2D eigenvalue weighted by Gasteiger charge is 2.11. The minimum atomic E-state index is 0.760. The van der Waals surface area contributed by atoms with Crippen LogP contribution in [0.25, 0.3) is 0 Å². The van der Waals surface area contributed by atoms with Gasteiger partial charge < -0.3 is 4.90 Å². The molecule has 2 rings (SSSR count). The van der Waals surface area contributed by atoms with Gasteiger partial charge in [-0.3, -0.25) is 0 Å². The van der Waals surface area contributed by atoms with Crippen LogP contribution in [0, 0.1) is 18.3 Å². The van der Waals surface area contributed by atoms with Crippen molar-refractivity contribution in [1.29, 1.82) is 5.26 Å². The normalized spacial score (nSPS) is 16.6. The first-order valence-corrected chi connectivity index (χ1v) is 6.07. The van der Waals surface area contributed by atoms with Crippen LogP contribution in [0.1, 0.15) is 36.8 Å². The highest BCUT2D eigenvalue weighted by molar-refractivity contribution is 5.56. The lowest BCUT2D eigenvalue weighted by Crippen LogP contribution is -2.24. The van der Waals surface area contributed by atoms with Crippen LogP contribution in [0.3, 0.4) is 0 Å². The van der Waals surface area contributed by atoms with Crippen LogP contribution in [0.5, 0.6) is 0 Å². The molecule has 0 atom stereocenters. The van der Waals surface area contributed by atoms with Crippen LogP contribution in [0.15, 0.2) is 18.2 Å². The van der Waals surface area contributed by atoms with Gasteiger partial charge in [0.2, 0.25) is 0 Å². The van der Waals surface area contributed by atoms with Gasteiger partial charge in [-0.2, -0.15) is 5.26 Å². The number of hydrogen-bond donors (Lipinski definition) is 0. The molecule has 84 valence electrons. The van der Waals surface area contributed by atoms with Crippen molar-refractivity contribution in [2.24, 2.45) is 0 Å². The topological polar surface area (TPSA) is 27.0 Å². The third-order valence-electron chi connectivity index (χ3n) is 3.27. The van der Waals surface area contributed by atoms with Gasteiger partial charge in [0, 0.05) is 18.8 Å². The Bertz CT molecular complexity index is 396. The van der Waals surface area contributed by atoms with E-state index >= 15 is 0 Å². The van der Waals surface area contributed by atoms with Gasteiger partial charge in [0.25, 0.3) is 0 Å². The Balaban J connectivity index is 2.22. The Morgan fingerprint density at radius 2 is 1.81 bits per heavy atom. The molecule has 1 saturated heterocycles. The Hall–Kier alpha value is -1.49. The lowest BCUT2D eigenvalue weighted by Gasteiger charge is -2.24. The van der Waals surface area contributed by atoms with E-state index in [2.05, 4.69) is 24.0 Å². The van der Waals surface area contributed by atoms with Gasteiger partial charge in [-0.15, -0.1) is 0 Å². The molecule has 1 aromatic rings. The van der Waals surface area contributed by atoms with E-state index < -0.39 is 0 Å². The second kappa shape index (κ2) is 5.03. The summed E-state index contributed by atoms with van der Waals surface area (Å²) in [5.74, 6) is 0. The van der Waals surface area contributed by atoms with Crippen LogP contribution in [-0.2, 0) is 0 Å². The summed E-state index contributed by atoms with van der Waals surface area (Å²) < 4.78 is 0. The maximum absolute atomic E-state index is 8.84. The second-order valence-corrected chi connectivity index (χ2v) is 4.51. The summed E-state index contributed by atoms with van der Waals surface area (Å²) in [4.78, 5) is 2.46. The molecule has 1 heterocycles. The molecule has 1 aliphatic rings. The monoisotopic (exact) mass is 214 g/mol. The summed E-state index contributed by atoms with van der Waals surface area (Å²) in [5.41, 5.74) is 3.29. The number of hydrogen-bond acceptors (Lipinski definition) is 2. The van der Waals surface area contributed by atoms with Gasteiger partial charge in [-0.1, -0.05) is 12.8 Å². The minimum Gasteiger partial charge on any atom is -0.371 e. The summed E-state index contributed by atoms with van der Waals surface area (Å²) in [6.45, 7) is 4.42. The third kappa shape index (κ3) is 2.36. The average Bonchev–Trinajstić information content (AvgIpc) is 2.57. The fourth-order valence-electron chi connectivity index (χ4n) is 2.39. The zero-order chi connectivity index (χ0) is 11.4. The number of rotatable bonds is 1. The molecule has 0 radical (unpaired) electrons. The number of aryl methyl sites for hydroxylation is 1. The van der Waals surface area contributed by atoms with Crippen molar-refractivity contribution in [2.75, 3.05) is 18.0 Å². The highest BCUT2D eigenvalue weighted by atomic mass is 15.1. The van der Waals surface area contributed by atoms with Gasteiger partial charge in [0.1, 0.15) is 0 Å². The first-order chi connectivity index (χ1) is 7.81. The molecule has 0 saturated carbocycles. The zero-order valence-electron chi connectivity index (χ0n) is 9.87. The summed E-state index contributed by atoms with van der Waals surface area (Å²) in [6, 6.07) is 8.20. The molecule has 16 heavy (non-hydrogen) atoms. The summed E-state index contributed by atoms with van der Waals surface area (Å²) in [7, 11) is 0. The molecule has 2 heteroatoms. The maximum Gasteiger partial charge on any atom is 0.0991 e. The van der Waals surface area contributed by atoms with Crippen LogP contribution >= 0.6 is 0 Å². The fraction of sp³-hybridized carbons (Fsp3) is 0.500. The van der Waals surface area contributed by atoms with Crippen molar-refractivity contribution < 1.29 is 0 Å². The summed E-state index contributed by atoms with van der Waals surface area (Å²) >= 11 is 0. The molecular formula is C14H18N2. The van der Waals surface area contributed by atoms with E-state index in [0.29, 0.717) is 0 Å². The molecular weight excluding hydrogens is 196 g/mol. The third-order valence-corrected chi connectivity index (χ3v) is 3.27. The minimum absolute atomic E-state index is 0.760. The van der Waals surface area contributed by atoms with Crippen LogP contribution < -0.4 is 4.90 Å². The number of benzene rings is 1. The predicted molar refractivity (Wildman–Crippen MR) is 66.6 cm³/mol. The van der Waals surface area contributed by atoms with Gasteiger partial charge in [-0.05, 0) is 43.5 Å². The van der Waals surface area contributed by atoms with Crippen molar-refractivity contribution in [3.05, 3.63) is 29.3 Å². The van der Waals surface area contributed by atoms with Crippen LogP contribution in [-0.4, -0.2) is 13.1 Å². The van der Waals surface area contributed by atoms with Crippen molar-refractivity contribution in [3.63, 3.8) is 0 Å².